The van der Waals surface area contributed by atoms with Crippen molar-refractivity contribution in [2.75, 3.05) is 10.7 Å². The summed E-state index contributed by atoms with van der Waals surface area (Å²) < 4.78 is 0. The van der Waals surface area contributed by atoms with E-state index in [1.54, 1.807) is 42.5 Å². The second-order valence-electron chi connectivity index (χ2n) is 6.50. The molecule has 9 heteroatoms. The maximum atomic E-state index is 12.6. The van der Waals surface area contributed by atoms with E-state index in [-0.39, 0.29) is 5.92 Å². The molecule has 0 radical (unpaired) electrons. The number of rotatable bonds is 7. The van der Waals surface area contributed by atoms with Crippen LogP contribution in [-0.4, -0.2) is 18.0 Å². The van der Waals surface area contributed by atoms with Crippen molar-refractivity contribution in [3.05, 3.63) is 57.5 Å². The SMILES string of the molecule is CC(C)CC(NC(=O)Nc1ccccc1Cl)C(=O)NNc1ccc(Cl)cc1Cl. The topological polar surface area (TPSA) is 82.3 Å². The fourth-order valence-corrected chi connectivity index (χ4v) is 3.03. The largest absolute Gasteiger partial charge is 0.326 e. The van der Waals surface area contributed by atoms with Gasteiger partial charge in [-0.15, -0.1) is 0 Å². The van der Waals surface area contributed by atoms with E-state index in [1.165, 1.54) is 0 Å². The van der Waals surface area contributed by atoms with Crippen molar-refractivity contribution in [1.82, 2.24) is 10.7 Å². The minimum Gasteiger partial charge on any atom is -0.326 e. The van der Waals surface area contributed by atoms with Gasteiger partial charge >= 0.3 is 6.03 Å². The zero-order valence-corrected chi connectivity index (χ0v) is 17.6. The van der Waals surface area contributed by atoms with Gasteiger partial charge in [0.1, 0.15) is 6.04 Å². The van der Waals surface area contributed by atoms with Crippen LogP contribution in [0.4, 0.5) is 16.2 Å². The van der Waals surface area contributed by atoms with Gasteiger partial charge in [0.25, 0.3) is 5.91 Å². The second kappa shape index (κ2) is 10.4. The Kier molecular flexibility index (Phi) is 8.23. The lowest BCUT2D eigenvalue weighted by Gasteiger charge is -2.21. The first-order valence-corrected chi connectivity index (χ1v) is 9.72. The number of carbonyl (C=O) groups excluding carboxylic acids is 2. The number of hydrogen-bond acceptors (Lipinski definition) is 3. The van der Waals surface area contributed by atoms with Crippen molar-refractivity contribution in [2.24, 2.45) is 5.92 Å². The van der Waals surface area contributed by atoms with Crippen LogP contribution in [0.2, 0.25) is 15.1 Å². The summed E-state index contributed by atoms with van der Waals surface area (Å²) in [5, 5.41) is 6.56. The Bertz CT molecular complexity index is 846. The molecule has 150 valence electrons. The minimum absolute atomic E-state index is 0.176. The van der Waals surface area contributed by atoms with Crippen LogP contribution in [0, 0.1) is 5.92 Å². The third kappa shape index (κ3) is 6.78. The highest BCUT2D eigenvalue weighted by molar-refractivity contribution is 6.36. The predicted molar refractivity (Wildman–Crippen MR) is 115 cm³/mol. The molecule has 0 bridgehead atoms. The molecule has 6 nitrogen and oxygen atoms in total. The van der Waals surface area contributed by atoms with E-state index in [4.69, 9.17) is 34.8 Å². The highest BCUT2D eigenvalue weighted by atomic mass is 35.5. The average molecular weight is 444 g/mol. The molecule has 0 aromatic heterocycles. The first-order valence-electron chi connectivity index (χ1n) is 8.59. The summed E-state index contributed by atoms with van der Waals surface area (Å²) in [5.41, 5.74) is 6.25. The summed E-state index contributed by atoms with van der Waals surface area (Å²) in [4.78, 5) is 24.9. The van der Waals surface area contributed by atoms with Gasteiger partial charge in [0.2, 0.25) is 0 Å². The molecule has 1 unspecified atom stereocenters. The number of urea groups is 1. The maximum absolute atomic E-state index is 12.6. The number of nitrogens with one attached hydrogen (secondary N) is 4. The summed E-state index contributed by atoms with van der Waals surface area (Å²) in [5.74, 6) is -0.232. The van der Waals surface area contributed by atoms with Crippen LogP contribution in [0.25, 0.3) is 0 Å². The molecule has 0 aliphatic rings. The summed E-state index contributed by atoms with van der Waals surface area (Å²) in [6, 6.07) is 10.4. The first kappa shape index (κ1) is 22.1. The molecule has 0 fully saturated rings. The number of anilines is 2. The molecule has 0 spiro atoms. The third-order valence-electron chi connectivity index (χ3n) is 3.70. The lowest BCUT2D eigenvalue weighted by atomic mass is 10.0. The van der Waals surface area contributed by atoms with E-state index >= 15 is 0 Å². The van der Waals surface area contributed by atoms with Crippen molar-refractivity contribution in [3.63, 3.8) is 0 Å². The summed E-state index contributed by atoms with van der Waals surface area (Å²) in [7, 11) is 0. The Morgan fingerprint density at radius 3 is 2.32 bits per heavy atom. The smallest absolute Gasteiger partial charge is 0.319 e. The van der Waals surface area contributed by atoms with E-state index in [0.717, 1.165) is 0 Å². The van der Waals surface area contributed by atoms with Crippen LogP contribution in [-0.2, 0) is 4.79 Å². The highest BCUT2D eigenvalue weighted by Gasteiger charge is 2.22. The molecule has 28 heavy (non-hydrogen) atoms. The average Bonchev–Trinajstić information content (AvgIpc) is 2.61. The standard InChI is InChI=1S/C19H21Cl3N4O2/c1-11(2)9-17(24-19(28)23-15-6-4-3-5-13(15)21)18(27)26-25-16-8-7-12(20)10-14(16)22/h3-8,10-11,17,25H,9H2,1-2H3,(H,26,27)(H2,23,24,28). The van der Waals surface area contributed by atoms with Gasteiger partial charge in [0.15, 0.2) is 0 Å². The number of hydrazine groups is 1. The molecule has 0 aliphatic heterocycles. The van der Waals surface area contributed by atoms with Crippen molar-refractivity contribution in [2.45, 2.75) is 26.3 Å². The van der Waals surface area contributed by atoms with E-state index in [1.807, 2.05) is 13.8 Å². The minimum atomic E-state index is -0.763. The molecule has 2 aromatic carbocycles. The number of amides is 3. The van der Waals surface area contributed by atoms with Crippen molar-refractivity contribution in [1.29, 1.82) is 0 Å². The zero-order chi connectivity index (χ0) is 20.7. The first-order chi connectivity index (χ1) is 13.3. The number of hydrogen-bond donors (Lipinski definition) is 4. The quantitative estimate of drug-likeness (QED) is 0.437. The Hall–Kier alpha value is -2.15. The molecule has 0 heterocycles. The second-order valence-corrected chi connectivity index (χ2v) is 7.75. The number of benzene rings is 2. The molecule has 0 saturated heterocycles. The Labute approximate surface area is 178 Å². The molecular formula is C19H21Cl3N4O2. The van der Waals surface area contributed by atoms with E-state index < -0.39 is 18.0 Å². The lowest BCUT2D eigenvalue weighted by Crippen LogP contribution is -2.50. The Balaban J connectivity index is 2.00. The number of halogens is 3. The van der Waals surface area contributed by atoms with Gasteiger partial charge in [0, 0.05) is 5.02 Å². The van der Waals surface area contributed by atoms with Gasteiger partial charge in [-0.1, -0.05) is 60.8 Å². The van der Waals surface area contributed by atoms with Crippen LogP contribution in [0.1, 0.15) is 20.3 Å². The van der Waals surface area contributed by atoms with Crippen LogP contribution >= 0.6 is 34.8 Å². The van der Waals surface area contributed by atoms with Crippen LogP contribution in [0.15, 0.2) is 42.5 Å². The molecular weight excluding hydrogens is 423 g/mol. The molecule has 0 aliphatic carbocycles. The van der Waals surface area contributed by atoms with Gasteiger partial charge in [-0.05, 0) is 42.7 Å². The highest BCUT2D eigenvalue weighted by Crippen LogP contribution is 2.24. The molecule has 4 N–H and O–H groups in total. The lowest BCUT2D eigenvalue weighted by molar-refractivity contribution is -0.122. The zero-order valence-electron chi connectivity index (χ0n) is 15.4. The van der Waals surface area contributed by atoms with Crippen molar-refractivity contribution in [3.8, 4) is 0 Å². The summed E-state index contributed by atoms with van der Waals surface area (Å²) >= 11 is 18.0. The Morgan fingerprint density at radius 2 is 1.68 bits per heavy atom. The molecule has 2 aromatic rings. The van der Waals surface area contributed by atoms with Gasteiger partial charge in [-0.25, -0.2) is 4.79 Å². The summed E-state index contributed by atoms with van der Waals surface area (Å²) in [6.07, 6.45) is 0.442. The fraction of sp³-hybridized carbons (Fsp3) is 0.263. The molecule has 0 saturated carbocycles. The number of para-hydroxylation sites is 1. The molecule has 3 amide bonds. The van der Waals surface area contributed by atoms with Crippen LogP contribution in [0.3, 0.4) is 0 Å². The van der Waals surface area contributed by atoms with Gasteiger partial charge in [0.05, 0.1) is 21.4 Å². The van der Waals surface area contributed by atoms with Gasteiger partial charge in [-0.3, -0.25) is 15.6 Å². The predicted octanol–water partition coefficient (Wildman–Crippen LogP) is 5.33. The van der Waals surface area contributed by atoms with Gasteiger partial charge < -0.3 is 10.6 Å². The molecule has 1 atom stereocenters. The molecule has 2 rings (SSSR count). The van der Waals surface area contributed by atoms with Crippen LogP contribution in [0.5, 0.6) is 0 Å². The van der Waals surface area contributed by atoms with E-state index in [0.29, 0.717) is 32.9 Å². The monoisotopic (exact) mass is 442 g/mol. The van der Waals surface area contributed by atoms with Crippen molar-refractivity contribution >= 4 is 58.1 Å². The van der Waals surface area contributed by atoms with Crippen molar-refractivity contribution < 1.29 is 9.59 Å². The van der Waals surface area contributed by atoms with E-state index in [9.17, 15) is 9.59 Å². The third-order valence-corrected chi connectivity index (χ3v) is 4.58. The number of carbonyl (C=O) groups is 2. The van der Waals surface area contributed by atoms with Crippen LogP contribution < -0.4 is 21.5 Å². The fourth-order valence-electron chi connectivity index (χ4n) is 2.39. The summed E-state index contributed by atoms with van der Waals surface area (Å²) in [6.45, 7) is 3.91. The van der Waals surface area contributed by atoms with Gasteiger partial charge in [-0.2, -0.15) is 0 Å². The Morgan fingerprint density at radius 1 is 0.964 bits per heavy atom. The maximum Gasteiger partial charge on any atom is 0.319 e. The van der Waals surface area contributed by atoms with E-state index in [2.05, 4.69) is 21.5 Å². The normalized spacial score (nSPS) is 11.6.